The SMILES string of the molecule is CCCNc1ncc(CN2CCN(C(C)=O)CC2)s1. The largest absolute Gasteiger partial charge is 0.362 e. The van der Waals surface area contributed by atoms with Crippen LogP contribution in [0.1, 0.15) is 25.1 Å². The lowest BCUT2D eigenvalue weighted by atomic mass is 10.3. The monoisotopic (exact) mass is 282 g/mol. The van der Waals surface area contributed by atoms with Gasteiger partial charge < -0.3 is 10.2 Å². The molecule has 0 atom stereocenters. The summed E-state index contributed by atoms with van der Waals surface area (Å²) in [5.74, 6) is 0.184. The van der Waals surface area contributed by atoms with Crippen molar-refractivity contribution in [1.82, 2.24) is 14.8 Å². The predicted octanol–water partition coefficient (Wildman–Crippen LogP) is 1.63. The molecule has 1 aliphatic heterocycles. The number of amides is 1. The maximum absolute atomic E-state index is 11.3. The van der Waals surface area contributed by atoms with Crippen LogP contribution in [-0.2, 0) is 11.3 Å². The molecule has 0 aliphatic carbocycles. The number of anilines is 1. The lowest BCUT2D eigenvalue weighted by molar-refractivity contribution is -0.130. The normalized spacial score (nSPS) is 16.6. The van der Waals surface area contributed by atoms with E-state index in [9.17, 15) is 4.79 Å². The van der Waals surface area contributed by atoms with Gasteiger partial charge in [-0.15, -0.1) is 11.3 Å². The second kappa shape index (κ2) is 6.86. The Morgan fingerprint density at radius 2 is 2.16 bits per heavy atom. The summed E-state index contributed by atoms with van der Waals surface area (Å²) in [7, 11) is 0. The van der Waals surface area contributed by atoms with Gasteiger partial charge in [-0.2, -0.15) is 0 Å². The van der Waals surface area contributed by atoms with Gasteiger partial charge in [0.25, 0.3) is 0 Å². The molecule has 2 rings (SSSR count). The standard InChI is InChI=1S/C13H22N4OS/c1-3-4-14-13-15-9-12(19-13)10-16-5-7-17(8-6-16)11(2)18/h9H,3-8,10H2,1-2H3,(H,14,15). The fraction of sp³-hybridized carbons (Fsp3) is 0.692. The zero-order valence-corrected chi connectivity index (χ0v) is 12.5. The molecule has 1 aromatic rings. The van der Waals surface area contributed by atoms with E-state index in [-0.39, 0.29) is 5.91 Å². The van der Waals surface area contributed by atoms with Crippen molar-refractivity contribution in [3.05, 3.63) is 11.1 Å². The summed E-state index contributed by atoms with van der Waals surface area (Å²) in [6, 6.07) is 0. The Bertz CT molecular complexity index is 413. The van der Waals surface area contributed by atoms with Crippen molar-refractivity contribution >= 4 is 22.4 Å². The minimum atomic E-state index is 0.184. The molecule has 0 saturated carbocycles. The highest BCUT2D eigenvalue weighted by Gasteiger charge is 2.19. The van der Waals surface area contributed by atoms with E-state index in [0.717, 1.165) is 50.8 Å². The summed E-state index contributed by atoms with van der Waals surface area (Å²) in [5, 5.41) is 4.32. The van der Waals surface area contributed by atoms with Crippen LogP contribution in [0, 0.1) is 0 Å². The van der Waals surface area contributed by atoms with Gasteiger partial charge in [0.15, 0.2) is 5.13 Å². The number of carbonyl (C=O) groups excluding carboxylic acids is 1. The number of aromatic nitrogens is 1. The van der Waals surface area contributed by atoms with Crippen molar-refractivity contribution < 1.29 is 4.79 Å². The molecule has 0 unspecified atom stereocenters. The number of rotatable bonds is 5. The third-order valence-corrected chi connectivity index (χ3v) is 4.22. The minimum Gasteiger partial charge on any atom is -0.362 e. The number of piperazine rings is 1. The first kappa shape index (κ1) is 14.3. The molecule has 0 aromatic carbocycles. The highest BCUT2D eigenvalue weighted by molar-refractivity contribution is 7.15. The van der Waals surface area contributed by atoms with Crippen molar-refractivity contribution in [2.24, 2.45) is 0 Å². The van der Waals surface area contributed by atoms with Crippen molar-refractivity contribution in [1.29, 1.82) is 0 Å². The number of thiazole rings is 1. The van der Waals surface area contributed by atoms with Crippen molar-refractivity contribution in [2.45, 2.75) is 26.8 Å². The number of carbonyl (C=O) groups is 1. The Morgan fingerprint density at radius 3 is 2.79 bits per heavy atom. The topological polar surface area (TPSA) is 48.5 Å². The van der Waals surface area contributed by atoms with Crippen LogP contribution in [0.3, 0.4) is 0 Å². The predicted molar refractivity (Wildman–Crippen MR) is 78.4 cm³/mol. The second-order valence-corrected chi connectivity index (χ2v) is 5.96. The van der Waals surface area contributed by atoms with Gasteiger partial charge in [-0.3, -0.25) is 9.69 Å². The molecular weight excluding hydrogens is 260 g/mol. The molecule has 0 spiro atoms. The lowest BCUT2D eigenvalue weighted by Crippen LogP contribution is -2.47. The van der Waals surface area contributed by atoms with Crippen LogP contribution in [0.5, 0.6) is 0 Å². The van der Waals surface area contributed by atoms with Crippen LogP contribution in [-0.4, -0.2) is 53.4 Å². The molecule has 106 valence electrons. The van der Waals surface area contributed by atoms with Crippen molar-refractivity contribution in [3.63, 3.8) is 0 Å². The molecule has 1 aromatic heterocycles. The van der Waals surface area contributed by atoms with E-state index in [0.29, 0.717) is 0 Å². The summed E-state index contributed by atoms with van der Waals surface area (Å²) in [5.41, 5.74) is 0. The molecule has 0 bridgehead atoms. The van der Waals surface area contributed by atoms with E-state index >= 15 is 0 Å². The fourth-order valence-corrected chi connectivity index (χ4v) is 3.02. The highest BCUT2D eigenvalue weighted by Crippen LogP contribution is 2.20. The minimum absolute atomic E-state index is 0.184. The van der Waals surface area contributed by atoms with Crippen LogP contribution in [0.2, 0.25) is 0 Å². The first-order valence-electron chi connectivity index (χ1n) is 6.85. The summed E-state index contributed by atoms with van der Waals surface area (Å²) in [4.78, 5) is 21.2. The third kappa shape index (κ3) is 4.18. The molecular formula is C13H22N4OS. The average Bonchev–Trinajstić information content (AvgIpc) is 2.84. The van der Waals surface area contributed by atoms with E-state index in [1.807, 2.05) is 11.1 Å². The number of hydrogen-bond acceptors (Lipinski definition) is 5. The molecule has 1 fully saturated rings. The van der Waals surface area contributed by atoms with E-state index in [2.05, 4.69) is 22.1 Å². The van der Waals surface area contributed by atoms with Crippen LogP contribution < -0.4 is 5.32 Å². The number of nitrogens with zero attached hydrogens (tertiary/aromatic N) is 3. The quantitative estimate of drug-likeness (QED) is 0.892. The molecule has 1 saturated heterocycles. The van der Waals surface area contributed by atoms with Gasteiger partial charge in [0.05, 0.1) is 0 Å². The van der Waals surface area contributed by atoms with Gasteiger partial charge in [-0.25, -0.2) is 4.98 Å². The van der Waals surface area contributed by atoms with E-state index < -0.39 is 0 Å². The summed E-state index contributed by atoms with van der Waals surface area (Å²) in [6.45, 7) is 9.30. The number of hydrogen-bond donors (Lipinski definition) is 1. The van der Waals surface area contributed by atoms with Gasteiger partial charge in [0.2, 0.25) is 5.91 Å². The highest BCUT2D eigenvalue weighted by atomic mass is 32.1. The van der Waals surface area contributed by atoms with E-state index in [4.69, 9.17) is 0 Å². The fourth-order valence-electron chi connectivity index (χ4n) is 2.14. The molecule has 2 heterocycles. The van der Waals surface area contributed by atoms with Crippen LogP contribution >= 0.6 is 11.3 Å². The molecule has 1 N–H and O–H groups in total. The first-order chi connectivity index (χ1) is 9.19. The van der Waals surface area contributed by atoms with Gasteiger partial charge in [0, 0.05) is 57.3 Å². The van der Waals surface area contributed by atoms with E-state index in [1.54, 1.807) is 18.3 Å². The zero-order chi connectivity index (χ0) is 13.7. The van der Waals surface area contributed by atoms with Crippen LogP contribution in [0.4, 0.5) is 5.13 Å². The maximum atomic E-state index is 11.3. The lowest BCUT2D eigenvalue weighted by Gasteiger charge is -2.33. The van der Waals surface area contributed by atoms with Crippen LogP contribution in [0.25, 0.3) is 0 Å². The molecule has 1 aliphatic rings. The Kier molecular flexibility index (Phi) is 5.15. The first-order valence-corrected chi connectivity index (χ1v) is 7.67. The smallest absolute Gasteiger partial charge is 0.219 e. The molecule has 1 amide bonds. The molecule has 6 heteroatoms. The Balaban J connectivity index is 1.79. The van der Waals surface area contributed by atoms with Crippen molar-refractivity contribution in [3.8, 4) is 0 Å². The third-order valence-electron chi connectivity index (χ3n) is 3.28. The number of nitrogens with one attached hydrogen (secondary N) is 1. The van der Waals surface area contributed by atoms with Gasteiger partial charge in [-0.05, 0) is 6.42 Å². The van der Waals surface area contributed by atoms with Crippen molar-refractivity contribution in [2.75, 3.05) is 38.0 Å². The van der Waals surface area contributed by atoms with Gasteiger partial charge in [-0.1, -0.05) is 6.92 Å². The summed E-state index contributed by atoms with van der Waals surface area (Å²) >= 11 is 1.73. The second-order valence-electron chi connectivity index (χ2n) is 4.84. The average molecular weight is 282 g/mol. The molecule has 19 heavy (non-hydrogen) atoms. The van der Waals surface area contributed by atoms with Gasteiger partial charge >= 0.3 is 0 Å². The maximum Gasteiger partial charge on any atom is 0.219 e. The Morgan fingerprint density at radius 1 is 1.42 bits per heavy atom. The van der Waals surface area contributed by atoms with E-state index in [1.165, 1.54) is 4.88 Å². The Hall–Kier alpha value is -1.14. The zero-order valence-electron chi connectivity index (χ0n) is 11.7. The Labute approximate surface area is 118 Å². The summed E-state index contributed by atoms with van der Waals surface area (Å²) < 4.78 is 0. The van der Waals surface area contributed by atoms with Crippen LogP contribution in [0.15, 0.2) is 6.20 Å². The molecule has 0 radical (unpaired) electrons. The van der Waals surface area contributed by atoms with Gasteiger partial charge in [0.1, 0.15) is 0 Å². The summed E-state index contributed by atoms with van der Waals surface area (Å²) in [6.07, 6.45) is 3.07. The molecule has 5 nitrogen and oxygen atoms in total.